The predicted octanol–water partition coefficient (Wildman–Crippen LogP) is 3.47. The average molecular weight is 398 g/mol. The summed E-state index contributed by atoms with van der Waals surface area (Å²) < 4.78 is 5.16. The number of carbonyl (C=O) groups excluding carboxylic acids is 1. The molecule has 0 saturated carbocycles. The number of thiol groups is 1. The highest BCUT2D eigenvalue weighted by Crippen LogP contribution is 2.22. The summed E-state index contributed by atoms with van der Waals surface area (Å²) in [7, 11) is 1.68. The molecule has 0 spiro atoms. The molecule has 1 heterocycles. The number of rotatable bonds is 7. The third-order valence-corrected chi connectivity index (χ3v) is 5.36. The number of amides is 1. The molecule has 1 fully saturated rings. The first-order valence-electron chi connectivity index (χ1n) is 9.51. The molecule has 2 aromatic carbocycles. The maximum atomic E-state index is 13.3. The molecule has 1 aliphatic rings. The lowest BCUT2D eigenvalue weighted by Gasteiger charge is -2.38. The van der Waals surface area contributed by atoms with E-state index >= 15 is 0 Å². The van der Waals surface area contributed by atoms with Crippen LogP contribution in [-0.2, 0) is 4.74 Å². The third kappa shape index (κ3) is 4.75. The van der Waals surface area contributed by atoms with Crippen molar-refractivity contribution in [1.82, 2.24) is 9.80 Å². The molecule has 1 aliphatic heterocycles. The number of piperazine rings is 1. The van der Waals surface area contributed by atoms with Gasteiger partial charge in [0.15, 0.2) is 0 Å². The van der Waals surface area contributed by atoms with E-state index in [-0.39, 0.29) is 5.91 Å². The zero-order valence-corrected chi connectivity index (χ0v) is 17.1. The largest absolute Gasteiger partial charge is 0.384 e. The quantitative estimate of drug-likeness (QED) is 0.427. The van der Waals surface area contributed by atoms with E-state index in [0.717, 1.165) is 28.5 Å². The monoisotopic (exact) mass is 397 g/mol. The predicted molar refractivity (Wildman–Crippen MR) is 118 cm³/mol. The third-order valence-electron chi connectivity index (χ3n) is 4.98. The van der Waals surface area contributed by atoms with Crippen LogP contribution in [0.15, 0.2) is 54.2 Å². The fourth-order valence-corrected chi connectivity index (χ4v) is 3.61. The van der Waals surface area contributed by atoms with Crippen molar-refractivity contribution in [2.45, 2.75) is 6.42 Å². The normalized spacial score (nSPS) is 16.0. The molecule has 1 saturated heterocycles. The van der Waals surface area contributed by atoms with Crippen molar-refractivity contribution < 1.29 is 9.53 Å². The van der Waals surface area contributed by atoms with Crippen molar-refractivity contribution in [3.05, 3.63) is 59.8 Å². The van der Waals surface area contributed by atoms with Crippen molar-refractivity contribution in [1.29, 1.82) is 5.41 Å². The number of methoxy groups -OCH3 is 1. The maximum absolute atomic E-state index is 13.3. The van der Waals surface area contributed by atoms with Crippen LogP contribution in [0.1, 0.15) is 16.8 Å². The van der Waals surface area contributed by atoms with Crippen molar-refractivity contribution in [2.24, 2.45) is 0 Å². The van der Waals surface area contributed by atoms with E-state index in [1.807, 2.05) is 47.4 Å². The Bertz CT molecular complexity index is 876. The first-order valence-corrected chi connectivity index (χ1v) is 10.1. The molecule has 28 heavy (non-hydrogen) atoms. The molecule has 1 amide bonds. The van der Waals surface area contributed by atoms with Crippen LogP contribution >= 0.6 is 12.6 Å². The zero-order chi connectivity index (χ0) is 19.9. The van der Waals surface area contributed by atoms with Gasteiger partial charge in [0.25, 0.3) is 5.91 Å². The van der Waals surface area contributed by atoms with Gasteiger partial charge >= 0.3 is 0 Å². The fraction of sp³-hybridized carbons (Fsp3) is 0.364. The zero-order valence-electron chi connectivity index (χ0n) is 16.2. The first kappa shape index (κ1) is 20.4. The van der Waals surface area contributed by atoms with E-state index in [9.17, 15) is 4.79 Å². The highest BCUT2D eigenvalue weighted by atomic mass is 32.1. The Morgan fingerprint density at radius 1 is 1.21 bits per heavy atom. The molecule has 0 aliphatic carbocycles. The molecule has 0 atom stereocenters. The summed E-state index contributed by atoms with van der Waals surface area (Å²) in [6, 6.07) is 13.9. The number of nitrogens with zero attached hydrogens (tertiary/aromatic N) is 2. The van der Waals surface area contributed by atoms with Gasteiger partial charge in [-0.2, -0.15) is 12.6 Å². The molecular formula is C22H27N3O2S. The molecule has 1 N–H and O–H groups in total. The van der Waals surface area contributed by atoms with E-state index in [0.29, 0.717) is 44.3 Å². The smallest absolute Gasteiger partial charge is 0.254 e. The lowest BCUT2D eigenvalue weighted by Crippen LogP contribution is -2.48. The summed E-state index contributed by atoms with van der Waals surface area (Å²) in [4.78, 5) is 17.4. The van der Waals surface area contributed by atoms with Gasteiger partial charge in [-0.25, -0.2) is 0 Å². The Balaban J connectivity index is 1.81. The van der Waals surface area contributed by atoms with Crippen molar-refractivity contribution in [3.8, 4) is 0 Å². The standard InChI is InChI=1S/C22H27N3O2S/c1-27-13-5-8-19-15-25(12-11-24(19)14-18(23)16-28)22(26)21-10-4-7-17-6-2-3-9-20(17)21/h2-4,6-10,23,28H,5,11-16H2,1H3/b19-8+,23-18?. The SMILES string of the molecule is COCC/C=C1\CN(C(=O)c2cccc3ccccc23)CCN1CC(=N)CS. The van der Waals surface area contributed by atoms with E-state index in [1.54, 1.807) is 7.11 Å². The van der Waals surface area contributed by atoms with E-state index in [4.69, 9.17) is 10.1 Å². The van der Waals surface area contributed by atoms with Gasteiger partial charge in [-0.3, -0.25) is 4.79 Å². The van der Waals surface area contributed by atoms with Gasteiger partial charge in [0, 0.05) is 49.5 Å². The Hall–Kier alpha value is -2.31. The van der Waals surface area contributed by atoms with E-state index in [1.165, 1.54) is 0 Å². The second kappa shape index (κ2) is 9.75. The molecule has 0 aromatic heterocycles. The molecule has 2 aromatic rings. The van der Waals surface area contributed by atoms with Crippen LogP contribution in [0.25, 0.3) is 10.8 Å². The Morgan fingerprint density at radius 2 is 2.00 bits per heavy atom. The van der Waals surface area contributed by atoms with Crippen LogP contribution in [-0.4, -0.2) is 67.1 Å². The molecule has 5 nitrogen and oxygen atoms in total. The summed E-state index contributed by atoms with van der Waals surface area (Å²) in [6.45, 7) is 3.10. The second-order valence-electron chi connectivity index (χ2n) is 6.91. The van der Waals surface area contributed by atoms with Crippen LogP contribution in [0.3, 0.4) is 0 Å². The van der Waals surface area contributed by atoms with Gasteiger partial charge in [0.1, 0.15) is 0 Å². The number of benzene rings is 2. The van der Waals surface area contributed by atoms with Gasteiger partial charge in [-0.1, -0.05) is 42.5 Å². The average Bonchev–Trinajstić information content (AvgIpc) is 2.74. The van der Waals surface area contributed by atoms with Crippen LogP contribution in [0.4, 0.5) is 0 Å². The van der Waals surface area contributed by atoms with Crippen LogP contribution in [0, 0.1) is 5.41 Å². The molecular weight excluding hydrogens is 370 g/mol. The molecule has 0 unspecified atom stereocenters. The summed E-state index contributed by atoms with van der Waals surface area (Å²) >= 11 is 4.21. The molecule has 0 bridgehead atoms. The summed E-state index contributed by atoms with van der Waals surface area (Å²) in [5, 5.41) is 10.0. The number of ether oxygens (including phenoxy) is 1. The Morgan fingerprint density at radius 3 is 2.79 bits per heavy atom. The summed E-state index contributed by atoms with van der Waals surface area (Å²) in [6.07, 6.45) is 2.91. The van der Waals surface area contributed by atoms with E-state index in [2.05, 4.69) is 23.6 Å². The van der Waals surface area contributed by atoms with Gasteiger partial charge in [-0.15, -0.1) is 0 Å². The van der Waals surface area contributed by atoms with Crippen molar-refractivity contribution >= 4 is 35.0 Å². The van der Waals surface area contributed by atoms with Crippen LogP contribution in [0.5, 0.6) is 0 Å². The van der Waals surface area contributed by atoms with Gasteiger partial charge in [0.05, 0.1) is 13.1 Å². The van der Waals surface area contributed by atoms with Crippen molar-refractivity contribution in [3.63, 3.8) is 0 Å². The lowest BCUT2D eigenvalue weighted by atomic mass is 10.0. The second-order valence-corrected chi connectivity index (χ2v) is 7.23. The topological polar surface area (TPSA) is 56.6 Å². The highest BCUT2D eigenvalue weighted by Gasteiger charge is 2.26. The molecule has 3 rings (SSSR count). The fourth-order valence-electron chi connectivity index (χ4n) is 3.51. The van der Waals surface area contributed by atoms with Crippen LogP contribution in [0.2, 0.25) is 0 Å². The van der Waals surface area contributed by atoms with Crippen LogP contribution < -0.4 is 0 Å². The van der Waals surface area contributed by atoms with Gasteiger partial charge in [0.2, 0.25) is 0 Å². The Labute approximate surface area is 171 Å². The number of fused-ring (bicyclic) bond motifs is 1. The summed E-state index contributed by atoms with van der Waals surface area (Å²) in [5.41, 5.74) is 2.39. The minimum absolute atomic E-state index is 0.0540. The highest BCUT2D eigenvalue weighted by molar-refractivity contribution is 7.81. The molecule has 0 radical (unpaired) electrons. The number of carbonyl (C=O) groups is 1. The number of hydrogen-bond donors (Lipinski definition) is 2. The minimum Gasteiger partial charge on any atom is -0.384 e. The molecule has 148 valence electrons. The minimum atomic E-state index is 0.0540. The van der Waals surface area contributed by atoms with Crippen molar-refractivity contribution in [2.75, 3.05) is 45.6 Å². The Kier molecular flexibility index (Phi) is 7.12. The number of hydrogen-bond acceptors (Lipinski definition) is 5. The number of nitrogens with one attached hydrogen (secondary N) is 1. The molecule has 6 heteroatoms. The van der Waals surface area contributed by atoms with Gasteiger partial charge in [-0.05, 0) is 23.3 Å². The summed E-state index contributed by atoms with van der Waals surface area (Å²) in [5.74, 6) is 0.499. The van der Waals surface area contributed by atoms with Gasteiger partial charge < -0.3 is 19.9 Å². The first-order chi connectivity index (χ1) is 13.6. The van der Waals surface area contributed by atoms with E-state index < -0.39 is 0 Å². The maximum Gasteiger partial charge on any atom is 0.254 e. The lowest BCUT2D eigenvalue weighted by molar-refractivity contribution is 0.0708.